The van der Waals surface area contributed by atoms with E-state index >= 15 is 0 Å². The highest BCUT2D eigenvalue weighted by atomic mass is 35.5. The zero-order valence-electron chi connectivity index (χ0n) is 14.7. The van der Waals surface area contributed by atoms with E-state index in [0.717, 1.165) is 13.1 Å². The quantitative estimate of drug-likeness (QED) is 0.768. The van der Waals surface area contributed by atoms with Crippen LogP contribution in [-0.2, 0) is 18.0 Å². The highest BCUT2D eigenvalue weighted by Crippen LogP contribution is 2.29. The van der Waals surface area contributed by atoms with E-state index in [2.05, 4.69) is 5.32 Å². The Morgan fingerprint density at radius 3 is 2.36 bits per heavy atom. The Morgan fingerprint density at radius 2 is 1.82 bits per heavy atom. The van der Waals surface area contributed by atoms with Crippen LogP contribution in [0, 0.1) is 5.82 Å². The molecule has 0 radical (unpaired) electrons. The molecule has 1 aromatic heterocycles. The van der Waals surface area contributed by atoms with Gasteiger partial charge in [-0.15, -0.1) is 0 Å². The van der Waals surface area contributed by atoms with Crippen molar-refractivity contribution in [2.75, 3.05) is 5.32 Å². The van der Waals surface area contributed by atoms with Crippen LogP contribution in [0.4, 0.5) is 28.0 Å². The molecule has 1 aromatic carbocycles. The van der Waals surface area contributed by atoms with E-state index in [1.165, 1.54) is 0 Å². The van der Waals surface area contributed by atoms with Gasteiger partial charge in [-0.3, -0.25) is 14.7 Å². The van der Waals surface area contributed by atoms with Crippen molar-refractivity contribution < 1.29 is 27.1 Å². The first-order chi connectivity index (χ1) is 12.8. The average Bonchev–Trinajstić information content (AvgIpc) is 2.53. The summed E-state index contributed by atoms with van der Waals surface area (Å²) in [6, 6.07) is 1.70. The molecule has 0 aliphatic heterocycles. The van der Waals surface area contributed by atoms with Crippen LogP contribution in [0.2, 0.25) is 5.02 Å². The first-order valence-corrected chi connectivity index (χ1v) is 8.08. The maximum Gasteiger partial charge on any atom is 0.431 e. The second kappa shape index (κ2) is 7.66. The van der Waals surface area contributed by atoms with E-state index < -0.39 is 46.8 Å². The van der Waals surface area contributed by atoms with Crippen LogP contribution in [0.25, 0.3) is 5.69 Å². The number of halogens is 5. The lowest BCUT2D eigenvalue weighted by atomic mass is 10.2. The lowest BCUT2D eigenvalue weighted by Gasteiger charge is -2.16. The second-order valence-electron chi connectivity index (χ2n) is 5.91. The molecule has 0 bridgehead atoms. The summed E-state index contributed by atoms with van der Waals surface area (Å²) in [6.07, 6.45) is -6.39. The van der Waals surface area contributed by atoms with E-state index in [9.17, 15) is 31.9 Å². The van der Waals surface area contributed by atoms with Crippen LogP contribution in [0.5, 0.6) is 0 Å². The number of nitrogens with one attached hydrogen (secondary N) is 1. The third-order valence-corrected chi connectivity index (χ3v) is 3.78. The average molecular weight is 424 g/mol. The minimum Gasteiger partial charge on any atom is -0.447 e. The molecule has 28 heavy (non-hydrogen) atoms. The van der Waals surface area contributed by atoms with Gasteiger partial charge in [-0.05, 0) is 26.0 Å². The second-order valence-corrected chi connectivity index (χ2v) is 6.31. The lowest BCUT2D eigenvalue weighted by molar-refractivity contribution is -0.144. The number of carbonyl (C=O) groups excluding carboxylic acids is 1. The largest absolute Gasteiger partial charge is 0.447 e. The van der Waals surface area contributed by atoms with Crippen LogP contribution >= 0.6 is 11.6 Å². The number of rotatable bonds is 3. The van der Waals surface area contributed by atoms with Gasteiger partial charge in [0.2, 0.25) is 0 Å². The molecule has 0 atom stereocenters. The fourth-order valence-electron chi connectivity index (χ4n) is 2.28. The molecule has 1 heterocycles. The van der Waals surface area contributed by atoms with Crippen molar-refractivity contribution in [3.05, 3.63) is 55.6 Å². The van der Waals surface area contributed by atoms with Crippen LogP contribution in [0.1, 0.15) is 19.5 Å². The Balaban J connectivity index is 2.65. The highest BCUT2D eigenvalue weighted by Gasteiger charge is 2.35. The number of hydrogen-bond donors (Lipinski definition) is 1. The number of nitrogens with zero attached hydrogens (tertiary/aromatic N) is 2. The van der Waals surface area contributed by atoms with Gasteiger partial charge in [-0.2, -0.15) is 13.2 Å². The summed E-state index contributed by atoms with van der Waals surface area (Å²) in [5, 5.41) is 1.93. The molecule has 0 aliphatic carbocycles. The molecule has 152 valence electrons. The zero-order valence-corrected chi connectivity index (χ0v) is 15.5. The number of amides is 1. The minimum absolute atomic E-state index is 0.162. The first-order valence-electron chi connectivity index (χ1n) is 7.70. The predicted octanol–water partition coefficient (Wildman–Crippen LogP) is 3.30. The topological polar surface area (TPSA) is 82.3 Å². The molecule has 0 saturated heterocycles. The number of ether oxygens (including phenoxy) is 1. The maximum atomic E-state index is 14.3. The van der Waals surface area contributed by atoms with Gasteiger partial charge in [0.1, 0.15) is 11.5 Å². The van der Waals surface area contributed by atoms with E-state index in [0.29, 0.717) is 6.07 Å². The smallest absolute Gasteiger partial charge is 0.431 e. The molecule has 0 saturated carbocycles. The molecule has 0 aliphatic rings. The number of aromatic nitrogens is 2. The Hall–Kier alpha value is -2.82. The van der Waals surface area contributed by atoms with Crippen LogP contribution in [0.15, 0.2) is 27.8 Å². The van der Waals surface area contributed by atoms with Gasteiger partial charge in [-0.1, -0.05) is 11.6 Å². The van der Waals surface area contributed by atoms with Gasteiger partial charge in [0.05, 0.1) is 22.5 Å². The van der Waals surface area contributed by atoms with Gasteiger partial charge in [0.25, 0.3) is 5.56 Å². The Morgan fingerprint density at radius 1 is 1.21 bits per heavy atom. The number of anilines is 1. The summed E-state index contributed by atoms with van der Waals surface area (Å²) >= 11 is 5.84. The predicted molar refractivity (Wildman–Crippen MR) is 92.5 cm³/mol. The van der Waals surface area contributed by atoms with Crippen molar-refractivity contribution >= 4 is 23.4 Å². The molecular weight excluding hydrogens is 410 g/mol. The van der Waals surface area contributed by atoms with Crippen LogP contribution in [0.3, 0.4) is 0 Å². The molecule has 12 heteroatoms. The number of alkyl halides is 3. The third kappa shape index (κ3) is 4.35. The number of carbonyl (C=O) groups is 1. The minimum atomic E-state index is -4.96. The normalized spacial score (nSPS) is 11.6. The summed E-state index contributed by atoms with van der Waals surface area (Å²) in [7, 11) is 0.786. The van der Waals surface area contributed by atoms with E-state index in [-0.39, 0.29) is 25.9 Å². The SMILES string of the molecule is CC(C)OC(=O)Nc1cc(-n2c(=O)cc(C(F)(F)F)n(C)c2=O)c(F)cc1Cl. The van der Waals surface area contributed by atoms with Crippen LogP contribution in [-0.4, -0.2) is 21.3 Å². The standard InChI is InChI=1S/C16H14ClF4N3O4/c1-7(2)28-14(26)22-10-5-11(9(18)4-8(10)17)24-13(25)6-12(16(19,20)21)23(3)15(24)27/h4-7H,1-3H3,(H,22,26). The Labute approximate surface area is 160 Å². The molecule has 2 rings (SSSR count). The summed E-state index contributed by atoms with van der Waals surface area (Å²) < 4.78 is 58.3. The van der Waals surface area contributed by atoms with Crippen molar-refractivity contribution in [3.8, 4) is 5.69 Å². The summed E-state index contributed by atoms with van der Waals surface area (Å²) in [5.41, 5.74) is -5.24. The van der Waals surface area contributed by atoms with Crippen LogP contribution < -0.4 is 16.6 Å². The molecule has 1 amide bonds. The molecule has 7 nitrogen and oxygen atoms in total. The maximum absolute atomic E-state index is 14.3. The highest BCUT2D eigenvalue weighted by molar-refractivity contribution is 6.33. The molecule has 2 aromatic rings. The lowest BCUT2D eigenvalue weighted by Crippen LogP contribution is -2.41. The molecule has 0 fully saturated rings. The fraction of sp³-hybridized carbons (Fsp3) is 0.312. The van der Waals surface area contributed by atoms with Crippen molar-refractivity contribution in [1.29, 1.82) is 0 Å². The summed E-state index contributed by atoms with van der Waals surface area (Å²) in [5.74, 6) is -1.16. The molecular formula is C16H14ClF4N3O4. The van der Waals surface area contributed by atoms with Gasteiger partial charge in [0.15, 0.2) is 0 Å². The van der Waals surface area contributed by atoms with Crippen molar-refractivity contribution in [2.24, 2.45) is 7.05 Å². The first kappa shape index (κ1) is 21.5. The molecule has 1 N–H and O–H groups in total. The van der Waals surface area contributed by atoms with Crippen molar-refractivity contribution in [1.82, 2.24) is 9.13 Å². The van der Waals surface area contributed by atoms with Gasteiger partial charge in [-0.25, -0.2) is 18.5 Å². The van der Waals surface area contributed by atoms with Gasteiger partial charge >= 0.3 is 18.0 Å². The summed E-state index contributed by atoms with van der Waals surface area (Å²) in [6.45, 7) is 3.14. The third-order valence-electron chi connectivity index (χ3n) is 3.47. The van der Waals surface area contributed by atoms with Crippen molar-refractivity contribution in [2.45, 2.75) is 26.1 Å². The molecule has 0 spiro atoms. The van der Waals surface area contributed by atoms with E-state index in [1.807, 2.05) is 0 Å². The zero-order chi connectivity index (χ0) is 21.4. The number of hydrogen-bond acceptors (Lipinski definition) is 4. The molecule has 0 unspecified atom stereocenters. The summed E-state index contributed by atoms with van der Waals surface area (Å²) in [4.78, 5) is 36.1. The Kier molecular flexibility index (Phi) is 5.88. The Bertz CT molecular complexity index is 1040. The van der Waals surface area contributed by atoms with Gasteiger partial charge < -0.3 is 4.74 Å². The van der Waals surface area contributed by atoms with Crippen molar-refractivity contribution in [3.63, 3.8) is 0 Å². The van der Waals surface area contributed by atoms with Gasteiger partial charge in [0, 0.05) is 13.1 Å². The monoisotopic (exact) mass is 423 g/mol. The fourth-order valence-corrected chi connectivity index (χ4v) is 2.48. The van der Waals surface area contributed by atoms with E-state index in [1.54, 1.807) is 13.8 Å². The number of benzene rings is 1. The van der Waals surface area contributed by atoms with E-state index in [4.69, 9.17) is 16.3 Å².